The summed E-state index contributed by atoms with van der Waals surface area (Å²) < 4.78 is 0. The molecule has 2 nitrogen and oxygen atoms in total. The van der Waals surface area contributed by atoms with Gasteiger partial charge in [-0.15, -0.1) is 26.2 Å². The molecule has 0 radical (unpaired) electrons. The van der Waals surface area contributed by atoms with Gasteiger partial charge in [-0.1, -0.05) is 79.1 Å². The Labute approximate surface area is 174 Å². The summed E-state index contributed by atoms with van der Waals surface area (Å²) in [4.78, 5) is 0. The molecule has 21 heavy (non-hydrogen) atoms. The quantitative estimate of drug-likeness (QED) is 0.224. The van der Waals surface area contributed by atoms with E-state index in [1.807, 2.05) is 0 Å². The van der Waals surface area contributed by atoms with Crippen LogP contribution in [0.25, 0.3) is 10.6 Å². The molecule has 0 fully saturated rings. The Bertz CT molecular complexity index is 105. The molecule has 0 amide bonds. The fourth-order valence-corrected chi connectivity index (χ4v) is 1.30. The minimum atomic E-state index is 0. The third-order valence-electron chi connectivity index (χ3n) is 2.68. The summed E-state index contributed by atoms with van der Waals surface area (Å²) in [6, 6.07) is 0. The summed E-state index contributed by atoms with van der Waals surface area (Å²) in [5.74, 6) is 0. The van der Waals surface area contributed by atoms with E-state index in [0.717, 1.165) is 26.2 Å². The first-order valence-corrected chi connectivity index (χ1v) is 8.09. The van der Waals surface area contributed by atoms with Gasteiger partial charge in [-0.25, -0.2) is 0 Å². The molecule has 0 atom stereocenters. The van der Waals surface area contributed by atoms with Crippen molar-refractivity contribution in [1.29, 1.82) is 0 Å². The van der Waals surface area contributed by atoms with Gasteiger partial charge in [-0.2, -0.15) is 0 Å². The summed E-state index contributed by atoms with van der Waals surface area (Å²) in [6.07, 6.45) is 10.2. The second-order valence-corrected chi connectivity index (χ2v) is 4.76. The van der Waals surface area contributed by atoms with Crippen molar-refractivity contribution in [2.45, 2.75) is 79.1 Å². The molecule has 0 aliphatic carbocycles. The van der Waals surface area contributed by atoms with Crippen LogP contribution in [-0.2, 0) is 25.8 Å². The van der Waals surface area contributed by atoms with Crippen molar-refractivity contribution in [3.63, 3.8) is 0 Å². The molecule has 128 valence electrons. The second-order valence-electron chi connectivity index (χ2n) is 4.76. The zero-order chi connectivity index (χ0) is 13.9. The number of hydrogen-bond acceptors (Lipinski definition) is 0. The Morgan fingerprint density at radius 1 is 0.476 bits per heavy atom. The van der Waals surface area contributed by atoms with Crippen LogP contribution in [0.3, 0.4) is 0 Å². The fraction of sp³-hybridized carbons (Fsp3) is 1.00. The van der Waals surface area contributed by atoms with Crippen LogP contribution in [0.2, 0.25) is 0 Å². The topological polar surface area (TPSA) is 28.2 Å². The zero-order valence-corrected chi connectivity index (χ0v) is 21.4. The number of rotatable bonds is 12. The van der Waals surface area contributed by atoms with E-state index in [9.17, 15) is 0 Å². The third-order valence-corrected chi connectivity index (χ3v) is 2.68. The van der Waals surface area contributed by atoms with Crippen LogP contribution in [0.15, 0.2) is 0 Å². The minimum absolute atomic E-state index is 0. The smallest absolute Gasteiger partial charge is 1.00 e. The van der Waals surface area contributed by atoms with E-state index in [-0.39, 0.29) is 59.8 Å². The van der Waals surface area contributed by atoms with Crippen LogP contribution in [-0.4, -0.2) is 26.2 Å². The zero-order valence-electron chi connectivity index (χ0n) is 14.6. The number of hydrogen-bond donors (Lipinski definition) is 0. The largest absolute Gasteiger partial charge is 4.00 e. The van der Waals surface area contributed by atoms with E-state index in [1.54, 1.807) is 0 Å². The molecule has 0 saturated heterocycles. The molecular formula is C16H36Br2HfN2. The average Bonchev–Trinajstić information content (AvgIpc) is 2.39. The first-order valence-electron chi connectivity index (χ1n) is 8.09. The van der Waals surface area contributed by atoms with Crippen LogP contribution in [0.1, 0.15) is 79.1 Å². The maximum atomic E-state index is 4.35. The van der Waals surface area contributed by atoms with Gasteiger partial charge >= 0.3 is 25.8 Å². The Hall–Kier alpha value is 1.75. The fourth-order valence-electron chi connectivity index (χ4n) is 1.30. The molecule has 0 aromatic rings. The maximum absolute atomic E-state index is 4.35. The van der Waals surface area contributed by atoms with E-state index in [0.29, 0.717) is 0 Å². The SMILES string of the molecule is CCCC[N-]CCCC.CCCC[N-]CCCC.[Br-].[Br-].[Hf+4]. The molecule has 0 rings (SSSR count). The molecule has 0 unspecified atom stereocenters. The summed E-state index contributed by atoms with van der Waals surface area (Å²) >= 11 is 0. The Balaban J connectivity index is -0.0000000711. The van der Waals surface area contributed by atoms with Gasteiger partial charge in [0.1, 0.15) is 0 Å². The molecular weight excluding hydrogens is 558 g/mol. The average molecular weight is 595 g/mol. The Morgan fingerprint density at radius 3 is 0.810 bits per heavy atom. The first kappa shape index (κ1) is 34.2. The van der Waals surface area contributed by atoms with Crippen molar-refractivity contribution in [2.24, 2.45) is 0 Å². The molecule has 0 aliphatic rings. The number of nitrogens with zero attached hydrogens (tertiary/aromatic N) is 2. The van der Waals surface area contributed by atoms with E-state index in [1.165, 1.54) is 51.4 Å². The van der Waals surface area contributed by atoms with Gasteiger partial charge in [0.2, 0.25) is 0 Å². The predicted octanol–water partition coefficient (Wildman–Crippen LogP) is -0.0739. The van der Waals surface area contributed by atoms with Gasteiger partial charge in [0.05, 0.1) is 0 Å². The minimum Gasteiger partial charge on any atom is -1.00 e. The van der Waals surface area contributed by atoms with Crippen LogP contribution < -0.4 is 34.0 Å². The molecule has 0 heterocycles. The Kier molecular flexibility index (Phi) is 61.4. The number of halogens is 2. The molecule has 0 saturated carbocycles. The van der Waals surface area contributed by atoms with Gasteiger partial charge < -0.3 is 44.6 Å². The van der Waals surface area contributed by atoms with Gasteiger partial charge in [0.25, 0.3) is 0 Å². The molecule has 0 aromatic carbocycles. The van der Waals surface area contributed by atoms with E-state index >= 15 is 0 Å². The van der Waals surface area contributed by atoms with Crippen molar-refractivity contribution in [3.05, 3.63) is 10.6 Å². The van der Waals surface area contributed by atoms with Crippen molar-refractivity contribution in [2.75, 3.05) is 26.2 Å². The number of unbranched alkanes of at least 4 members (excludes halogenated alkanes) is 4. The van der Waals surface area contributed by atoms with Gasteiger partial charge in [-0.3, -0.25) is 0 Å². The van der Waals surface area contributed by atoms with Crippen LogP contribution in [0.4, 0.5) is 0 Å². The van der Waals surface area contributed by atoms with E-state index < -0.39 is 0 Å². The summed E-state index contributed by atoms with van der Waals surface area (Å²) in [7, 11) is 0. The van der Waals surface area contributed by atoms with Crippen molar-refractivity contribution >= 4 is 0 Å². The van der Waals surface area contributed by atoms with Gasteiger partial charge in [0.15, 0.2) is 0 Å². The van der Waals surface area contributed by atoms with Crippen molar-refractivity contribution in [3.8, 4) is 0 Å². The summed E-state index contributed by atoms with van der Waals surface area (Å²) in [5.41, 5.74) is 0. The van der Waals surface area contributed by atoms with E-state index in [4.69, 9.17) is 0 Å². The third kappa shape index (κ3) is 44.9. The van der Waals surface area contributed by atoms with Crippen LogP contribution in [0.5, 0.6) is 0 Å². The van der Waals surface area contributed by atoms with Gasteiger partial charge in [-0.05, 0) is 0 Å². The molecule has 0 aliphatic heterocycles. The van der Waals surface area contributed by atoms with Crippen LogP contribution >= 0.6 is 0 Å². The standard InChI is InChI=1S/2C8H18N.2BrH.Hf/c2*1-3-5-7-9-8-6-4-2;;;/h2*3-8H2,1-2H3;2*1H;/q2*-1;;;+4/p-2. The monoisotopic (exact) mass is 594 g/mol. The van der Waals surface area contributed by atoms with Gasteiger partial charge in [0, 0.05) is 0 Å². The van der Waals surface area contributed by atoms with Crippen molar-refractivity contribution in [1.82, 2.24) is 0 Å². The molecule has 0 bridgehead atoms. The van der Waals surface area contributed by atoms with E-state index in [2.05, 4.69) is 38.3 Å². The predicted molar refractivity (Wildman–Crippen MR) is 85.8 cm³/mol. The van der Waals surface area contributed by atoms with Crippen LogP contribution in [0, 0.1) is 0 Å². The summed E-state index contributed by atoms with van der Waals surface area (Å²) in [6.45, 7) is 13.1. The molecule has 0 spiro atoms. The second kappa shape index (κ2) is 37.8. The molecule has 0 aromatic heterocycles. The molecule has 0 N–H and O–H groups in total. The Morgan fingerprint density at radius 2 is 0.667 bits per heavy atom. The molecule has 5 heteroatoms. The maximum Gasteiger partial charge on any atom is 4.00 e. The summed E-state index contributed by atoms with van der Waals surface area (Å²) in [5, 5.41) is 8.70. The van der Waals surface area contributed by atoms with Crippen molar-refractivity contribution < 1.29 is 59.8 Å². The first-order chi connectivity index (χ1) is 8.83. The normalized spacial score (nSPS) is 8.57.